The Bertz CT molecular complexity index is 1340. The molecule has 1 aliphatic rings. The van der Waals surface area contributed by atoms with Crippen molar-refractivity contribution in [2.75, 3.05) is 16.2 Å². The van der Waals surface area contributed by atoms with E-state index in [1.165, 1.54) is 24.3 Å². The molecule has 33 heavy (non-hydrogen) atoms. The molecule has 0 radical (unpaired) electrons. The predicted molar refractivity (Wildman–Crippen MR) is 123 cm³/mol. The minimum atomic E-state index is -3.99. The number of carbonyl (C=O) groups excluding carboxylic acids is 1. The maximum Gasteiger partial charge on any atom is 0.265 e. The van der Waals surface area contributed by atoms with Gasteiger partial charge in [0.05, 0.1) is 10.5 Å². The molecule has 3 aromatic rings. The molecule has 0 saturated carbocycles. The third kappa shape index (κ3) is 4.49. The first-order valence-corrected chi connectivity index (χ1v) is 11.8. The lowest BCUT2D eigenvalue weighted by atomic mass is 10.1. The van der Waals surface area contributed by atoms with E-state index in [-0.39, 0.29) is 28.6 Å². The van der Waals surface area contributed by atoms with Gasteiger partial charge in [-0.1, -0.05) is 30.4 Å². The summed E-state index contributed by atoms with van der Waals surface area (Å²) in [5.41, 5.74) is 0.977. The van der Waals surface area contributed by atoms with Gasteiger partial charge in [-0.15, -0.1) is 0 Å². The lowest BCUT2D eigenvalue weighted by Gasteiger charge is -2.29. The van der Waals surface area contributed by atoms with E-state index in [9.17, 15) is 22.0 Å². The van der Waals surface area contributed by atoms with Crippen LogP contribution in [0.4, 0.5) is 20.4 Å². The highest BCUT2D eigenvalue weighted by molar-refractivity contribution is 7.92. The van der Waals surface area contributed by atoms with Crippen LogP contribution in [0.5, 0.6) is 0 Å². The summed E-state index contributed by atoms with van der Waals surface area (Å²) in [5, 5.41) is 2.57. The number of aromatic nitrogens is 1. The van der Waals surface area contributed by atoms with Gasteiger partial charge in [0, 0.05) is 6.54 Å². The number of carbonyl (C=O) groups is 1. The molecule has 0 bridgehead atoms. The quantitative estimate of drug-likeness (QED) is 0.583. The highest BCUT2D eigenvalue weighted by atomic mass is 32.2. The van der Waals surface area contributed by atoms with E-state index in [0.717, 1.165) is 16.4 Å². The molecule has 1 N–H and O–H groups in total. The average Bonchev–Trinajstić information content (AvgIpc) is 2.79. The van der Waals surface area contributed by atoms with E-state index in [0.29, 0.717) is 24.0 Å². The first-order valence-electron chi connectivity index (χ1n) is 10.3. The molecule has 0 fully saturated rings. The fourth-order valence-corrected chi connectivity index (χ4v) is 5.21. The minimum Gasteiger partial charge on any atom is -0.306 e. The smallest absolute Gasteiger partial charge is 0.265 e. The van der Waals surface area contributed by atoms with Crippen molar-refractivity contribution in [3.05, 3.63) is 89.0 Å². The first kappa shape index (κ1) is 22.6. The van der Waals surface area contributed by atoms with Gasteiger partial charge in [0.25, 0.3) is 15.9 Å². The Hall–Kier alpha value is -3.59. The SMILES string of the molecule is C/C=C/c1cccc(F)c1C(=O)Nc1ccc2c(n1)N(S(=O)(=O)c1ccc(F)cc1)CCC2. The van der Waals surface area contributed by atoms with Gasteiger partial charge in [-0.25, -0.2) is 26.5 Å². The van der Waals surface area contributed by atoms with Crippen molar-refractivity contribution in [1.29, 1.82) is 0 Å². The van der Waals surface area contributed by atoms with Crippen LogP contribution in [0.25, 0.3) is 6.08 Å². The van der Waals surface area contributed by atoms with Crippen molar-refractivity contribution in [1.82, 2.24) is 4.98 Å². The Kier molecular flexibility index (Phi) is 6.24. The van der Waals surface area contributed by atoms with E-state index >= 15 is 0 Å². The molecule has 0 saturated heterocycles. The Morgan fingerprint density at radius 3 is 2.58 bits per heavy atom. The lowest BCUT2D eigenvalue weighted by Crippen LogP contribution is -2.36. The molecular formula is C24H21F2N3O3S. The largest absolute Gasteiger partial charge is 0.306 e. The number of amides is 1. The van der Waals surface area contributed by atoms with E-state index in [4.69, 9.17) is 0 Å². The lowest BCUT2D eigenvalue weighted by molar-refractivity contribution is 0.102. The van der Waals surface area contributed by atoms with Gasteiger partial charge < -0.3 is 5.32 Å². The summed E-state index contributed by atoms with van der Waals surface area (Å²) in [4.78, 5) is 17.2. The minimum absolute atomic E-state index is 0.0599. The molecule has 6 nitrogen and oxygen atoms in total. The molecule has 4 rings (SSSR count). The van der Waals surface area contributed by atoms with Crippen LogP contribution in [0, 0.1) is 11.6 Å². The van der Waals surface area contributed by atoms with Crippen LogP contribution in [0.1, 0.15) is 34.8 Å². The number of sulfonamides is 1. The summed E-state index contributed by atoms with van der Waals surface area (Å²) >= 11 is 0. The Labute approximate surface area is 190 Å². The normalized spacial score (nSPS) is 13.7. The Morgan fingerprint density at radius 1 is 1.09 bits per heavy atom. The molecule has 2 aromatic carbocycles. The zero-order chi connectivity index (χ0) is 23.6. The van der Waals surface area contributed by atoms with Gasteiger partial charge in [-0.05, 0) is 67.3 Å². The molecule has 0 unspecified atom stereocenters. The highest BCUT2D eigenvalue weighted by Gasteiger charge is 2.31. The van der Waals surface area contributed by atoms with Gasteiger partial charge in [-0.2, -0.15) is 0 Å². The standard InChI is InChI=1S/C24H21F2N3O3S/c1-2-5-16-6-3-8-20(26)22(16)24(30)28-21-14-9-17-7-4-15-29(23(17)27-21)33(31,32)19-12-10-18(25)11-13-19/h2-3,5-6,8-14H,4,7,15H2,1H3,(H,27,28,30)/b5-2+. The van der Waals surface area contributed by atoms with Crippen molar-refractivity contribution < 1.29 is 22.0 Å². The van der Waals surface area contributed by atoms with Gasteiger partial charge in [-0.3, -0.25) is 4.79 Å². The third-order valence-corrected chi connectivity index (χ3v) is 7.07. The molecule has 1 aliphatic heterocycles. The zero-order valence-corrected chi connectivity index (χ0v) is 18.6. The number of allylic oxidation sites excluding steroid dienone is 1. The molecule has 0 atom stereocenters. The highest BCUT2D eigenvalue weighted by Crippen LogP contribution is 2.32. The summed E-state index contributed by atoms with van der Waals surface area (Å²) < 4.78 is 55.2. The second-order valence-corrected chi connectivity index (χ2v) is 9.33. The van der Waals surface area contributed by atoms with E-state index in [2.05, 4.69) is 10.3 Å². The number of aryl methyl sites for hydroxylation is 1. The second kappa shape index (κ2) is 9.11. The maximum atomic E-state index is 14.4. The fourth-order valence-electron chi connectivity index (χ4n) is 3.72. The van der Waals surface area contributed by atoms with Gasteiger partial charge in [0.1, 0.15) is 23.3 Å². The molecule has 0 aliphatic carbocycles. The predicted octanol–water partition coefficient (Wildman–Crippen LogP) is 4.79. The summed E-state index contributed by atoms with van der Waals surface area (Å²) in [5.74, 6) is -1.64. The number of halogens is 2. The Morgan fingerprint density at radius 2 is 1.85 bits per heavy atom. The van der Waals surface area contributed by atoms with Crippen molar-refractivity contribution in [3.63, 3.8) is 0 Å². The number of fused-ring (bicyclic) bond motifs is 1. The number of rotatable bonds is 5. The van der Waals surface area contributed by atoms with Crippen LogP contribution in [0.15, 0.2) is 65.6 Å². The Balaban J connectivity index is 1.68. The van der Waals surface area contributed by atoms with Crippen LogP contribution in [0.3, 0.4) is 0 Å². The average molecular weight is 470 g/mol. The molecule has 1 aromatic heterocycles. The number of pyridine rings is 1. The van der Waals surface area contributed by atoms with Crippen LogP contribution in [-0.2, 0) is 16.4 Å². The topological polar surface area (TPSA) is 79.4 Å². The number of benzene rings is 2. The molecule has 1 amide bonds. The van der Waals surface area contributed by atoms with Gasteiger partial charge in [0.15, 0.2) is 0 Å². The summed E-state index contributed by atoms with van der Waals surface area (Å²) in [6, 6.07) is 12.1. The molecule has 0 spiro atoms. The molecule has 2 heterocycles. The molecular weight excluding hydrogens is 448 g/mol. The van der Waals surface area contributed by atoms with Crippen LogP contribution in [0.2, 0.25) is 0 Å². The number of nitrogens with zero attached hydrogens (tertiary/aromatic N) is 2. The van der Waals surface area contributed by atoms with E-state index in [1.807, 2.05) is 0 Å². The van der Waals surface area contributed by atoms with Crippen LogP contribution in [-0.4, -0.2) is 25.9 Å². The third-order valence-electron chi connectivity index (χ3n) is 5.26. The van der Waals surface area contributed by atoms with Crippen molar-refractivity contribution in [2.45, 2.75) is 24.7 Å². The number of nitrogens with one attached hydrogen (secondary N) is 1. The summed E-state index contributed by atoms with van der Waals surface area (Å²) in [6.07, 6.45) is 4.52. The molecule has 170 valence electrons. The van der Waals surface area contributed by atoms with Gasteiger partial charge in [0.2, 0.25) is 0 Å². The maximum absolute atomic E-state index is 14.4. The van der Waals surface area contributed by atoms with Crippen LogP contribution < -0.4 is 9.62 Å². The fraction of sp³-hybridized carbons (Fsp3) is 0.167. The van der Waals surface area contributed by atoms with Gasteiger partial charge >= 0.3 is 0 Å². The summed E-state index contributed by atoms with van der Waals surface area (Å²) in [6.45, 7) is 1.95. The monoisotopic (exact) mass is 469 g/mol. The van der Waals surface area contributed by atoms with E-state index < -0.39 is 27.6 Å². The summed E-state index contributed by atoms with van der Waals surface area (Å²) in [7, 11) is -3.99. The van der Waals surface area contributed by atoms with Crippen molar-refractivity contribution >= 4 is 33.6 Å². The van der Waals surface area contributed by atoms with Crippen molar-refractivity contribution in [3.8, 4) is 0 Å². The molecule has 9 heteroatoms. The van der Waals surface area contributed by atoms with E-state index in [1.54, 1.807) is 37.3 Å². The zero-order valence-electron chi connectivity index (χ0n) is 17.8. The van der Waals surface area contributed by atoms with Crippen molar-refractivity contribution in [2.24, 2.45) is 0 Å². The number of hydrogen-bond acceptors (Lipinski definition) is 4. The van der Waals surface area contributed by atoms with Crippen LogP contribution >= 0.6 is 0 Å². The first-order chi connectivity index (χ1) is 15.8. The number of anilines is 2. The second-order valence-electron chi connectivity index (χ2n) is 7.47. The number of hydrogen-bond donors (Lipinski definition) is 1.